The van der Waals surface area contributed by atoms with E-state index < -0.39 is 0 Å². The second kappa shape index (κ2) is 8.68. The summed E-state index contributed by atoms with van der Waals surface area (Å²) in [6, 6.07) is 0. The molecule has 0 aromatic carbocycles. The minimum absolute atomic E-state index is 0.131. The van der Waals surface area contributed by atoms with Crippen LogP contribution in [0.4, 0.5) is 0 Å². The highest BCUT2D eigenvalue weighted by molar-refractivity contribution is 5.76. The lowest BCUT2D eigenvalue weighted by Gasteiger charge is -2.13. The Morgan fingerprint density at radius 3 is 2.60 bits per heavy atom. The smallest absolute Gasteiger partial charge is 0.220 e. The number of hydrogen-bond acceptors (Lipinski definition) is 3. The van der Waals surface area contributed by atoms with E-state index in [-0.39, 0.29) is 5.91 Å². The number of nitrogens with one attached hydrogen (secondary N) is 1. The fourth-order valence-corrected chi connectivity index (χ4v) is 1.35. The van der Waals surface area contributed by atoms with Crippen molar-refractivity contribution in [3.05, 3.63) is 0 Å². The Morgan fingerprint density at radius 2 is 2.13 bits per heavy atom. The molecule has 0 rings (SSSR count). The predicted octanol–water partition coefficient (Wildman–Crippen LogP) is 0.429. The third kappa shape index (κ3) is 8.39. The van der Waals surface area contributed by atoms with Gasteiger partial charge in [0.2, 0.25) is 5.91 Å². The van der Waals surface area contributed by atoms with Crippen molar-refractivity contribution in [3.8, 4) is 0 Å². The Bertz CT molecular complexity index is 167. The molecule has 0 aromatic rings. The molecular formula is C11H25N3O. The number of hydrogen-bond donors (Lipinski definition) is 2. The quantitative estimate of drug-likeness (QED) is 0.577. The van der Waals surface area contributed by atoms with Crippen molar-refractivity contribution in [2.24, 2.45) is 11.7 Å². The van der Waals surface area contributed by atoms with Gasteiger partial charge in [-0.05, 0) is 39.5 Å². The molecule has 90 valence electrons. The molecule has 0 saturated carbocycles. The molecule has 1 atom stereocenters. The van der Waals surface area contributed by atoms with Crippen molar-refractivity contribution in [2.75, 3.05) is 33.7 Å². The van der Waals surface area contributed by atoms with Crippen LogP contribution in [0.3, 0.4) is 0 Å². The highest BCUT2D eigenvalue weighted by Gasteiger charge is 2.09. The molecular weight excluding hydrogens is 190 g/mol. The molecule has 4 nitrogen and oxygen atoms in total. The summed E-state index contributed by atoms with van der Waals surface area (Å²) < 4.78 is 0. The lowest BCUT2D eigenvalue weighted by atomic mass is 10.0. The van der Waals surface area contributed by atoms with Gasteiger partial charge in [0.05, 0.1) is 0 Å². The summed E-state index contributed by atoms with van der Waals surface area (Å²) in [5.41, 5.74) is 5.54. The highest BCUT2D eigenvalue weighted by atomic mass is 16.1. The molecule has 1 amide bonds. The molecule has 0 aliphatic heterocycles. The van der Waals surface area contributed by atoms with E-state index in [0.29, 0.717) is 18.9 Å². The zero-order valence-corrected chi connectivity index (χ0v) is 10.3. The van der Waals surface area contributed by atoms with E-state index >= 15 is 0 Å². The van der Waals surface area contributed by atoms with Gasteiger partial charge in [0, 0.05) is 13.0 Å². The second-order valence-corrected chi connectivity index (χ2v) is 4.22. The molecule has 0 fully saturated rings. The Hall–Kier alpha value is -0.610. The van der Waals surface area contributed by atoms with Gasteiger partial charge in [-0.3, -0.25) is 4.79 Å². The summed E-state index contributed by atoms with van der Waals surface area (Å²) in [6.45, 7) is 4.44. The summed E-state index contributed by atoms with van der Waals surface area (Å²) >= 11 is 0. The minimum atomic E-state index is 0.131. The zero-order valence-electron chi connectivity index (χ0n) is 10.3. The normalized spacial score (nSPS) is 12.9. The molecule has 0 aliphatic carbocycles. The number of amides is 1. The van der Waals surface area contributed by atoms with Crippen LogP contribution in [0, 0.1) is 5.92 Å². The SMILES string of the molecule is CCC(CN)CC(=O)NCCCN(C)C. The third-order valence-corrected chi connectivity index (χ3v) is 2.49. The zero-order chi connectivity index (χ0) is 11.7. The number of rotatable bonds is 8. The van der Waals surface area contributed by atoms with Gasteiger partial charge < -0.3 is 16.0 Å². The van der Waals surface area contributed by atoms with Crippen molar-refractivity contribution in [2.45, 2.75) is 26.2 Å². The molecule has 0 aromatic heterocycles. The van der Waals surface area contributed by atoms with Crippen LogP contribution in [0.2, 0.25) is 0 Å². The molecule has 3 N–H and O–H groups in total. The summed E-state index contributed by atoms with van der Waals surface area (Å²) in [7, 11) is 4.06. The van der Waals surface area contributed by atoms with E-state index in [0.717, 1.165) is 25.9 Å². The Kier molecular flexibility index (Phi) is 8.33. The van der Waals surface area contributed by atoms with Gasteiger partial charge in [-0.25, -0.2) is 0 Å². The fraction of sp³-hybridized carbons (Fsp3) is 0.909. The number of carbonyl (C=O) groups is 1. The average molecular weight is 215 g/mol. The van der Waals surface area contributed by atoms with E-state index in [1.807, 2.05) is 14.1 Å². The van der Waals surface area contributed by atoms with Crippen LogP contribution in [0.1, 0.15) is 26.2 Å². The molecule has 0 bridgehead atoms. The fourth-order valence-electron chi connectivity index (χ4n) is 1.35. The van der Waals surface area contributed by atoms with Crippen LogP contribution in [0.15, 0.2) is 0 Å². The molecule has 1 unspecified atom stereocenters. The van der Waals surface area contributed by atoms with Gasteiger partial charge in [-0.2, -0.15) is 0 Å². The van der Waals surface area contributed by atoms with Gasteiger partial charge in [-0.1, -0.05) is 13.3 Å². The molecule has 4 heteroatoms. The lowest BCUT2D eigenvalue weighted by Crippen LogP contribution is -2.30. The molecule has 0 spiro atoms. The predicted molar refractivity (Wildman–Crippen MR) is 63.6 cm³/mol. The van der Waals surface area contributed by atoms with Crippen LogP contribution in [0.5, 0.6) is 0 Å². The molecule has 0 radical (unpaired) electrons. The van der Waals surface area contributed by atoms with Crippen molar-refractivity contribution in [1.82, 2.24) is 10.2 Å². The van der Waals surface area contributed by atoms with Crippen LogP contribution < -0.4 is 11.1 Å². The first-order valence-electron chi connectivity index (χ1n) is 5.71. The standard InChI is InChI=1S/C11H25N3O/c1-4-10(9-12)8-11(15)13-6-5-7-14(2)3/h10H,4-9,12H2,1-3H3,(H,13,15). The van der Waals surface area contributed by atoms with Crippen LogP contribution >= 0.6 is 0 Å². The Morgan fingerprint density at radius 1 is 1.47 bits per heavy atom. The summed E-state index contributed by atoms with van der Waals surface area (Å²) in [5, 5.41) is 2.92. The third-order valence-electron chi connectivity index (χ3n) is 2.49. The van der Waals surface area contributed by atoms with Gasteiger partial charge in [0.1, 0.15) is 0 Å². The van der Waals surface area contributed by atoms with Crippen LogP contribution in [0.25, 0.3) is 0 Å². The van der Waals surface area contributed by atoms with Crippen LogP contribution in [-0.4, -0.2) is 44.5 Å². The minimum Gasteiger partial charge on any atom is -0.356 e. The summed E-state index contributed by atoms with van der Waals surface area (Å²) in [5.74, 6) is 0.463. The molecule has 15 heavy (non-hydrogen) atoms. The Labute approximate surface area is 93.2 Å². The maximum absolute atomic E-state index is 11.4. The number of carbonyl (C=O) groups excluding carboxylic acids is 1. The summed E-state index contributed by atoms with van der Waals surface area (Å²) in [4.78, 5) is 13.5. The van der Waals surface area contributed by atoms with E-state index in [2.05, 4.69) is 17.1 Å². The molecule has 0 heterocycles. The van der Waals surface area contributed by atoms with Crippen molar-refractivity contribution in [3.63, 3.8) is 0 Å². The van der Waals surface area contributed by atoms with E-state index in [4.69, 9.17) is 5.73 Å². The van der Waals surface area contributed by atoms with Crippen molar-refractivity contribution in [1.29, 1.82) is 0 Å². The van der Waals surface area contributed by atoms with Gasteiger partial charge in [-0.15, -0.1) is 0 Å². The van der Waals surface area contributed by atoms with Gasteiger partial charge in [0.25, 0.3) is 0 Å². The summed E-state index contributed by atoms with van der Waals surface area (Å²) in [6.07, 6.45) is 2.54. The van der Waals surface area contributed by atoms with E-state index in [9.17, 15) is 4.79 Å². The lowest BCUT2D eigenvalue weighted by molar-refractivity contribution is -0.122. The van der Waals surface area contributed by atoms with E-state index in [1.165, 1.54) is 0 Å². The second-order valence-electron chi connectivity index (χ2n) is 4.22. The van der Waals surface area contributed by atoms with Crippen molar-refractivity contribution < 1.29 is 4.79 Å². The number of nitrogens with two attached hydrogens (primary N) is 1. The van der Waals surface area contributed by atoms with Gasteiger partial charge >= 0.3 is 0 Å². The maximum atomic E-state index is 11.4. The van der Waals surface area contributed by atoms with Gasteiger partial charge in [0.15, 0.2) is 0 Å². The topological polar surface area (TPSA) is 58.4 Å². The highest BCUT2D eigenvalue weighted by Crippen LogP contribution is 2.04. The Balaban J connectivity index is 3.48. The average Bonchev–Trinajstić information content (AvgIpc) is 2.20. The van der Waals surface area contributed by atoms with Crippen molar-refractivity contribution >= 4 is 5.91 Å². The number of nitrogens with zero attached hydrogens (tertiary/aromatic N) is 1. The largest absolute Gasteiger partial charge is 0.356 e. The first-order chi connectivity index (χ1) is 7.10. The first kappa shape index (κ1) is 14.4. The maximum Gasteiger partial charge on any atom is 0.220 e. The van der Waals surface area contributed by atoms with E-state index in [1.54, 1.807) is 0 Å². The van der Waals surface area contributed by atoms with Crippen LogP contribution in [-0.2, 0) is 4.79 Å². The molecule has 0 saturated heterocycles. The molecule has 0 aliphatic rings. The first-order valence-corrected chi connectivity index (χ1v) is 5.71. The monoisotopic (exact) mass is 215 g/mol.